The van der Waals surface area contributed by atoms with E-state index in [1.807, 2.05) is 43.1 Å². The highest BCUT2D eigenvalue weighted by atomic mass is 32.1. The van der Waals surface area contributed by atoms with Crippen LogP contribution in [-0.2, 0) is 4.79 Å². The molecule has 1 unspecified atom stereocenters. The first kappa shape index (κ1) is 17.8. The average molecular weight is 351 g/mol. The largest absolute Gasteiger partial charge is 0.354 e. The van der Waals surface area contributed by atoms with Gasteiger partial charge in [0, 0.05) is 24.3 Å². The fraction of sp³-hybridized carbons (Fsp3) is 0.412. The molecule has 0 saturated carbocycles. The Morgan fingerprint density at radius 2 is 1.87 bits per heavy atom. The van der Waals surface area contributed by atoms with Gasteiger partial charge in [0.2, 0.25) is 5.91 Å². The molecule has 1 N–H and O–H groups in total. The predicted molar refractivity (Wildman–Crippen MR) is 96.3 cm³/mol. The van der Waals surface area contributed by atoms with Crippen LogP contribution in [-0.4, -0.2) is 37.2 Å². The zero-order valence-electron chi connectivity index (χ0n) is 13.5. The molecule has 0 saturated heterocycles. The molecule has 124 valence electrons. The summed E-state index contributed by atoms with van der Waals surface area (Å²) in [5, 5.41) is 6.92. The van der Waals surface area contributed by atoms with E-state index in [0.717, 1.165) is 4.88 Å². The normalized spacial score (nSPS) is 12.3. The molecule has 2 aromatic rings. The SMILES string of the molecule is CN(C)C(CNC(=O)CCCC(=O)c1cccs1)c1cccs1. The van der Waals surface area contributed by atoms with E-state index in [4.69, 9.17) is 0 Å². The fourth-order valence-electron chi connectivity index (χ4n) is 2.29. The Kier molecular flexibility index (Phi) is 6.95. The van der Waals surface area contributed by atoms with Crippen molar-refractivity contribution in [2.75, 3.05) is 20.6 Å². The quantitative estimate of drug-likeness (QED) is 0.703. The summed E-state index contributed by atoms with van der Waals surface area (Å²) in [6.07, 6.45) is 1.41. The van der Waals surface area contributed by atoms with Gasteiger partial charge in [-0.15, -0.1) is 22.7 Å². The van der Waals surface area contributed by atoms with Crippen molar-refractivity contribution in [1.82, 2.24) is 10.2 Å². The molecule has 0 spiro atoms. The van der Waals surface area contributed by atoms with Crippen LogP contribution in [0.15, 0.2) is 35.0 Å². The third kappa shape index (κ3) is 5.57. The van der Waals surface area contributed by atoms with Crippen molar-refractivity contribution in [2.45, 2.75) is 25.3 Å². The number of hydrogen-bond donors (Lipinski definition) is 1. The number of carbonyl (C=O) groups excluding carboxylic acids is 2. The molecule has 0 radical (unpaired) electrons. The lowest BCUT2D eigenvalue weighted by molar-refractivity contribution is -0.121. The van der Waals surface area contributed by atoms with Crippen molar-refractivity contribution >= 4 is 34.4 Å². The Hall–Kier alpha value is -1.50. The van der Waals surface area contributed by atoms with Crippen LogP contribution in [0.25, 0.3) is 0 Å². The third-order valence-corrected chi connectivity index (χ3v) is 5.48. The molecule has 23 heavy (non-hydrogen) atoms. The molecule has 0 aromatic carbocycles. The van der Waals surface area contributed by atoms with E-state index in [1.54, 1.807) is 11.3 Å². The van der Waals surface area contributed by atoms with Crippen LogP contribution < -0.4 is 5.32 Å². The van der Waals surface area contributed by atoms with Gasteiger partial charge in [-0.25, -0.2) is 0 Å². The summed E-state index contributed by atoms with van der Waals surface area (Å²) in [7, 11) is 4.02. The number of hydrogen-bond acceptors (Lipinski definition) is 5. The Balaban J connectivity index is 1.71. The van der Waals surface area contributed by atoms with Crippen molar-refractivity contribution in [3.63, 3.8) is 0 Å². The Bertz CT molecular complexity index is 607. The number of rotatable bonds is 9. The Labute approximate surface area is 145 Å². The van der Waals surface area contributed by atoms with Crippen molar-refractivity contribution in [3.8, 4) is 0 Å². The van der Waals surface area contributed by atoms with Gasteiger partial charge in [-0.05, 0) is 43.4 Å². The third-order valence-electron chi connectivity index (χ3n) is 3.59. The predicted octanol–water partition coefficient (Wildman–Crippen LogP) is 3.58. The highest BCUT2D eigenvalue weighted by Gasteiger charge is 2.16. The van der Waals surface area contributed by atoms with Crippen molar-refractivity contribution in [1.29, 1.82) is 0 Å². The minimum atomic E-state index is 0.00684. The van der Waals surface area contributed by atoms with Crippen molar-refractivity contribution in [3.05, 3.63) is 44.8 Å². The molecule has 2 aromatic heterocycles. The van der Waals surface area contributed by atoms with E-state index in [0.29, 0.717) is 25.8 Å². The fourth-order valence-corrected chi connectivity index (χ4v) is 3.90. The second kappa shape index (κ2) is 8.96. The number of thiophene rings is 2. The minimum Gasteiger partial charge on any atom is -0.354 e. The first-order valence-electron chi connectivity index (χ1n) is 7.61. The van der Waals surface area contributed by atoms with E-state index in [-0.39, 0.29) is 17.7 Å². The molecule has 6 heteroatoms. The van der Waals surface area contributed by atoms with Crippen LogP contribution in [0.1, 0.15) is 39.9 Å². The summed E-state index contributed by atoms with van der Waals surface area (Å²) in [4.78, 5) is 28.0. The van der Waals surface area contributed by atoms with Crippen LogP contribution in [0.5, 0.6) is 0 Å². The van der Waals surface area contributed by atoms with E-state index in [1.165, 1.54) is 16.2 Å². The Morgan fingerprint density at radius 1 is 1.13 bits per heavy atom. The standard InChI is InChI=1S/C17H22N2O2S2/c1-19(2)13(15-7-4-10-22-15)12-18-17(21)9-3-6-14(20)16-8-5-11-23-16/h4-5,7-8,10-11,13H,3,6,9,12H2,1-2H3,(H,18,21). The lowest BCUT2D eigenvalue weighted by Gasteiger charge is -2.23. The number of nitrogens with zero attached hydrogens (tertiary/aromatic N) is 1. The van der Waals surface area contributed by atoms with Crippen LogP contribution in [0, 0.1) is 0 Å². The maximum Gasteiger partial charge on any atom is 0.220 e. The summed E-state index contributed by atoms with van der Waals surface area (Å²) >= 11 is 3.15. The number of Topliss-reactive ketones (excluding diaryl/α,β-unsaturated/α-hetero) is 1. The Morgan fingerprint density at radius 3 is 2.48 bits per heavy atom. The van der Waals surface area contributed by atoms with Crippen LogP contribution >= 0.6 is 22.7 Å². The number of ketones is 1. The highest BCUT2D eigenvalue weighted by molar-refractivity contribution is 7.12. The zero-order valence-corrected chi connectivity index (χ0v) is 15.1. The molecular weight excluding hydrogens is 328 g/mol. The van der Waals surface area contributed by atoms with E-state index >= 15 is 0 Å². The zero-order chi connectivity index (χ0) is 16.7. The summed E-state index contributed by atoms with van der Waals surface area (Å²) in [5.41, 5.74) is 0. The van der Waals surface area contributed by atoms with Gasteiger partial charge in [-0.2, -0.15) is 0 Å². The molecule has 2 rings (SSSR count). The smallest absolute Gasteiger partial charge is 0.220 e. The second-order valence-electron chi connectivity index (χ2n) is 5.55. The average Bonchev–Trinajstić information content (AvgIpc) is 3.20. The summed E-state index contributed by atoms with van der Waals surface area (Å²) in [5.74, 6) is 0.130. The molecule has 0 aliphatic rings. The number of amides is 1. The molecule has 1 amide bonds. The van der Waals surface area contributed by atoms with E-state index < -0.39 is 0 Å². The van der Waals surface area contributed by atoms with Gasteiger partial charge in [0.15, 0.2) is 5.78 Å². The van der Waals surface area contributed by atoms with Gasteiger partial charge in [-0.3, -0.25) is 9.59 Å². The minimum absolute atomic E-state index is 0.00684. The molecule has 0 fully saturated rings. The number of carbonyl (C=O) groups is 2. The van der Waals surface area contributed by atoms with Crippen LogP contribution in [0.3, 0.4) is 0 Å². The van der Waals surface area contributed by atoms with Gasteiger partial charge in [0.05, 0.1) is 10.9 Å². The molecule has 0 bridgehead atoms. The second-order valence-corrected chi connectivity index (χ2v) is 7.48. The summed E-state index contributed by atoms with van der Waals surface area (Å²) < 4.78 is 0. The van der Waals surface area contributed by atoms with Crippen LogP contribution in [0.2, 0.25) is 0 Å². The number of likely N-dealkylation sites (N-methyl/N-ethyl adjacent to an activating group) is 1. The van der Waals surface area contributed by atoms with Gasteiger partial charge in [0.1, 0.15) is 0 Å². The lowest BCUT2D eigenvalue weighted by atomic mass is 10.1. The van der Waals surface area contributed by atoms with Crippen molar-refractivity contribution < 1.29 is 9.59 Å². The van der Waals surface area contributed by atoms with Crippen LogP contribution in [0.4, 0.5) is 0 Å². The molecule has 0 aliphatic carbocycles. The molecule has 0 aliphatic heterocycles. The van der Waals surface area contributed by atoms with Gasteiger partial charge in [-0.1, -0.05) is 12.1 Å². The summed E-state index contributed by atoms with van der Waals surface area (Å²) in [6.45, 7) is 0.589. The lowest BCUT2D eigenvalue weighted by Crippen LogP contribution is -2.34. The first-order valence-corrected chi connectivity index (χ1v) is 9.37. The van der Waals surface area contributed by atoms with Crippen molar-refractivity contribution in [2.24, 2.45) is 0 Å². The maximum atomic E-state index is 12.0. The molecular formula is C17H22N2O2S2. The van der Waals surface area contributed by atoms with Gasteiger partial charge < -0.3 is 10.2 Å². The van der Waals surface area contributed by atoms with Gasteiger partial charge >= 0.3 is 0 Å². The maximum absolute atomic E-state index is 12.0. The highest BCUT2D eigenvalue weighted by Crippen LogP contribution is 2.22. The monoisotopic (exact) mass is 350 g/mol. The van der Waals surface area contributed by atoms with Gasteiger partial charge in [0.25, 0.3) is 0 Å². The molecule has 2 heterocycles. The molecule has 4 nitrogen and oxygen atoms in total. The van der Waals surface area contributed by atoms with E-state index in [9.17, 15) is 9.59 Å². The topological polar surface area (TPSA) is 49.4 Å². The molecule has 1 atom stereocenters. The summed E-state index contributed by atoms with van der Waals surface area (Å²) in [6, 6.07) is 7.99. The first-order chi connectivity index (χ1) is 11.1. The number of nitrogens with one attached hydrogen (secondary N) is 1. The van der Waals surface area contributed by atoms with E-state index in [2.05, 4.69) is 16.3 Å².